The van der Waals surface area contributed by atoms with Crippen LogP contribution in [-0.4, -0.2) is 27.5 Å². The molecule has 6 nitrogen and oxygen atoms in total. The first-order chi connectivity index (χ1) is 13.8. The molecule has 0 saturated heterocycles. The molecule has 0 bridgehead atoms. The third-order valence-electron chi connectivity index (χ3n) is 4.44. The fourth-order valence-corrected chi connectivity index (χ4v) is 2.92. The molecule has 2 aromatic carbocycles. The molecule has 0 aliphatic rings. The minimum absolute atomic E-state index is 0.366. The molecule has 1 amide bonds. The minimum atomic E-state index is -1.11. The van der Waals surface area contributed by atoms with Crippen molar-refractivity contribution < 1.29 is 9.53 Å². The maximum atomic E-state index is 12.5. The molecule has 7 heteroatoms. The molecule has 0 aliphatic heterocycles. The van der Waals surface area contributed by atoms with E-state index in [-0.39, 0.29) is 5.91 Å². The summed E-state index contributed by atoms with van der Waals surface area (Å²) in [5.41, 5.74) is 5.01. The van der Waals surface area contributed by atoms with Crippen LogP contribution < -0.4 is 10.2 Å². The van der Waals surface area contributed by atoms with Crippen LogP contribution in [0.2, 0.25) is 5.02 Å². The zero-order chi connectivity index (χ0) is 21.0. The van der Waals surface area contributed by atoms with E-state index in [0.717, 1.165) is 22.6 Å². The van der Waals surface area contributed by atoms with Gasteiger partial charge in [-0.25, -0.2) is 10.1 Å². The number of nitrogens with one attached hydrogen (secondary N) is 1. The first kappa shape index (κ1) is 20.6. The van der Waals surface area contributed by atoms with Crippen molar-refractivity contribution in [3.8, 4) is 11.4 Å². The van der Waals surface area contributed by atoms with E-state index < -0.39 is 5.60 Å². The fraction of sp³-hybridized carbons (Fsp3) is 0.227. The van der Waals surface area contributed by atoms with Gasteiger partial charge in [-0.05, 0) is 64.1 Å². The molecule has 0 atom stereocenters. The number of hydrogen-bond donors (Lipinski definition) is 1. The van der Waals surface area contributed by atoms with Crippen molar-refractivity contribution in [2.24, 2.45) is 5.10 Å². The molecule has 0 saturated carbocycles. The Morgan fingerprint density at radius 1 is 1.14 bits per heavy atom. The standard InChI is InChI=1S/C22H23ClN4O2/c1-15-20(16(2)27(26-15)18-8-6-5-7-9-18)14-24-25-21(28)22(3,4)29-19-12-10-17(23)11-13-19/h5-14H,1-4H3,(H,25,28)/b24-14+. The molecule has 150 valence electrons. The van der Waals surface area contributed by atoms with Crippen molar-refractivity contribution in [2.75, 3.05) is 0 Å². The van der Waals surface area contributed by atoms with E-state index in [4.69, 9.17) is 16.3 Å². The Balaban J connectivity index is 1.70. The van der Waals surface area contributed by atoms with Crippen molar-refractivity contribution in [2.45, 2.75) is 33.3 Å². The van der Waals surface area contributed by atoms with Crippen LogP contribution in [0.25, 0.3) is 5.69 Å². The number of carbonyl (C=O) groups excluding carboxylic acids is 1. The number of hydrazone groups is 1. The van der Waals surface area contributed by atoms with Gasteiger partial charge in [0.15, 0.2) is 5.60 Å². The van der Waals surface area contributed by atoms with Gasteiger partial charge in [0.2, 0.25) is 0 Å². The van der Waals surface area contributed by atoms with E-state index >= 15 is 0 Å². The van der Waals surface area contributed by atoms with E-state index in [2.05, 4.69) is 15.6 Å². The number of benzene rings is 2. The number of para-hydroxylation sites is 1. The molecule has 29 heavy (non-hydrogen) atoms. The van der Waals surface area contributed by atoms with Gasteiger partial charge in [0.1, 0.15) is 5.75 Å². The van der Waals surface area contributed by atoms with Crippen LogP contribution in [0.3, 0.4) is 0 Å². The van der Waals surface area contributed by atoms with Crippen LogP contribution in [0.1, 0.15) is 30.8 Å². The third kappa shape index (κ3) is 4.84. The summed E-state index contributed by atoms with van der Waals surface area (Å²) in [7, 11) is 0. The van der Waals surface area contributed by atoms with E-state index in [1.54, 1.807) is 44.3 Å². The highest BCUT2D eigenvalue weighted by Crippen LogP contribution is 2.21. The van der Waals surface area contributed by atoms with Crippen molar-refractivity contribution in [3.05, 3.63) is 76.6 Å². The summed E-state index contributed by atoms with van der Waals surface area (Å²) in [6.07, 6.45) is 1.60. The molecule has 3 aromatic rings. The Morgan fingerprint density at radius 2 is 1.79 bits per heavy atom. The molecule has 3 rings (SSSR count). The Bertz CT molecular complexity index is 1020. The van der Waals surface area contributed by atoms with Crippen molar-refractivity contribution >= 4 is 23.7 Å². The summed E-state index contributed by atoms with van der Waals surface area (Å²) in [6, 6.07) is 16.7. The first-order valence-electron chi connectivity index (χ1n) is 9.17. The van der Waals surface area contributed by atoms with Gasteiger partial charge in [0.05, 0.1) is 23.3 Å². The van der Waals surface area contributed by atoms with Gasteiger partial charge in [-0.1, -0.05) is 29.8 Å². The Kier molecular flexibility index (Phi) is 6.03. The summed E-state index contributed by atoms with van der Waals surface area (Å²) < 4.78 is 7.62. The van der Waals surface area contributed by atoms with Crippen LogP contribution in [0.4, 0.5) is 0 Å². The van der Waals surface area contributed by atoms with Crippen LogP contribution in [0, 0.1) is 13.8 Å². The molecule has 1 aromatic heterocycles. The highest BCUT2D eigenvalue weighted by Gasteiger charge is 2.30. The Hall–Kier alpha value is -3.12. The largest absolute Gasteiger partial charge is 0.478 e. The molecule has 0 spiro atoms. The molecule has 1 N–H and O–H groups in total. The predicted octanol–water partition coefficient (Wildman–Crippen LogP) is 4.45. The second-order valence-electron chi connectivity index (χ2n) is 7.10. The van der Waals surface area contributed by atoms with Gasteiger partial charge in [-0.3, -0.25) is 4.79 Å². The van der Waals surface area contributed by atoms with Gasteiger partial charge in [0, 0.05) is 10.6 Å². The lowest BCUT2D eigenvalue weighted by Crippen LogP contribution is -2.44. The smallest absolute Gasteiger partial charge is 0.283 e. The number of nitrogens with zero attached hydrogens (tertiary/aromatic N) is 3. The number of hydrogen-bond acceptors (Lipinski definition) is 4. The van der Waals surface area contributed by atoms with Crippen LogP contribution in [0.5, 0.6) is 5.75 Å². The van der Waals surface area contributed by atoms with E-state index in [0.29, 0.717) is 10.8 Å². The lowest BCUT2D eigenvalue weighted by molar-refractivity contribution is -0.134. The second kappa shape index (κ2) is 8.49. The van der Waals surface area contributed by atoms with Crippen molar-refractivity contribution in [1.82, 2.24) is 15.2 Å². The van der Waals surface area contributed by atoms with E-state index in [1.807, 2.05) is 48.9 Å². The summed E-state index contributed by atoms with van der Waals surface area (Å²) >= 11 is 5.88. The summed E-state index contributed by atoms with van der Waals surface area (Å²) in [5, 5.41) is 9.28. The monoisotopic (exact) mass is 410 g/mol. The molecule has 0 aliphatic carbocycles. The van der Waals surface area contributed by atoms with Crippen molar-refractivity contribution in [3.63, 3.8) is 0 Å². The number of ether oxygens (including phenoxy) is 1. The molecule has 1 heterocycles. The van der Waals surface area contributed by atoms with Gasteiger partial charge in [-0.15, -0.1) is 0 Å². The average molecular weight is 411 g/mol. The summed E-state index contributed by atoms with van der Waals surface area (Å²) in [4.78, 5) is 12.5. The van der Waals surface area contributed by atoms with Crippen LogP contribution in [-0.2, 0) is 4.79 Å². The van der Waals surface area contributed by atoms with Crippen LogP contribution in [0.15, 0.2) is 59.7 Å². The average Bonchev–Trinajstić information content (AvgIpc) is 2.98. The highest BCUT2D eigenvalue weighted by atomic mass is 35.5. The second-order valence-corrected chi connectivity index (χ2v) is 7.53. The summed E-state index contributed by atoms with van der Waals surface area (Å²) in [6.45, 7) is 7.22. The van der Waals surface area contributed by atoms with Gasteiger partial charge < -0.3 is 4.74 Å². The zero-order valence-electron chi connectivity index (χ0n) is 16.8. The quantitative estimate of drug-likeness (QED) is 0.482. The molecule has 0 radical (unpaired) electrons. The maximum absolute atomic E-state index is 12.5. The first-order valence-corrected chi connectivity index (χ1v) is 9.55. The lowest BCUT2D eigenvalue weighted by atomic mass is 10.1. The van der Waals surface area contributed by atoms with Gasteiger partial charge in [0.25, 0.3) is 5.91 Å². The number of aromatic nitrogens is 2. The molecular formula is C22H23ClN4O2. The Morgan fingerprint density at radius 3 is 2.45 bits per heavy atom. The highest BCUT2D eigenvalue weighted by molar-refractivity contribution is 6.30. The summed E-state index contributed by atoms with van der Waals surface area (Å²) in [5.74, 6) is 0.184. The van der Waals surface area contributed by atoms with E-state index in [9.17, 15) is 4.79 Å². The number of aryl methyl sites for hydroxylation is 1. The topological polar surface area (TPSA) is 68.5 Å². The molecular weight excluding hydrogens is 388 g/mol. The zero-order valence-corrected chi connectivity index (χ0v) is 17.6. The van der Waals surface area contributed by atoms with Gasteiger partial charge >= 0.3 is 0 Å². The number of halogens is 1. The lowest BCUT2D eigenvalue weighted by Gasteiger charge is -2.24. The number of rotatable bonds is 6. The van der Waals surface area contributed by atoms with Crippen LogP contribution >= 0.6 is 11.6 Å². The normalized spacial score (nSPS) is 11.6. The molecule has 0 unspecified atom stereocenters. The van der Waals surface area contributed by atoms with Crippen molar-refractivity contribution in [1.29, 1.82) is 0 Å². The number of amides is 1. The maximum Gasteiger partial charge on any atom is 0.283 e. The number of carbonyl (C=O) groups is 1. The fourth-order valence-electron chi connectivity index (χ4n) is 2.80. The Labute approximate surface area is 175 Å². The minimum Gasteiger partial charge on any atom is -0.478 e. The third-order valence-corrected chi connectivity index (χ3v) is 4.69. The molecule has 0 fully saturated rings. The van der Waals surface area contributed by atoms with Gasteiger partial charge in [-0.2, -0.15) is 10.2 Å². The predicted molar refractivity (Wildman–Crippen MR) is 115 cm³/mol. The van der Waals surface area contributed by atoms with E-state index in [1.165, 1.54) is 0 Å². The SMILES string of the molecule is Cc1nn(-c2ccccc2)c(C)c1/C=N/NC(=O)C(C)(C)Oc1ccc(Cl)cc1.